The number of fused-ring (bicyclic) bond motifs is 6. The average Bonchev–Trinajstić information content (AvgIpc) is 3.49. The lowest BCUT2D eigenvalue weighted by molar-refractivity contribution is -0.121. The molecule has 1 saturated heterocycles. The van der Waals surface area contributed by atoms with Crippen LogP contribution in [0.15, 0.2) is 103 Å². The van der Waals surface area contributed by atoms with E-state index in [0.717, 1.165) is 11.3 Å². The molecular weight excluding hydrogens is 536 g/mol. The zero-order valence-electron chi connectivity index (χ0n) is 22.1. The summed E-state index contributed by atoms with van der Waals surface area (Å²) in [7, 11) is 1.53. The van der Waals surface area contributed by atoms with Crippen LogP contribution in [-0.2, 0) is 10.2 Å². The van der Waals surface area contributed by atoms with Gasteiger partial charge >= 0.3 is 0 Å². The number of Topliss-reactive ketones (excluding diaryl/α,β-unsaturated/α-hetero) is 2. The second-order valence-electron chi connectivity index (χ2n) is 10.5. The van der Waals surface area contributed by atoms with Crippen molar-refractivity contribution in [1.29, 1.82) is 0 Å². The van der Waals surface area contributed by atoms with Crippen LogP contribution in [0.3, 0.4) is 0 Å². The molecule has 0 aliphatic carbocycles. The van der Waals surface area contributed by atoms with Crippen molar-refractivity contribution in [2.75, 3.05) is 17.3 Å². The quantitative estimate of drug-likeness (QED) is 0.294. The Morgan fingerprint density at radius 3 is 2.49 bits per heavy atom. The number of nitrogens with one attached hydrogen (secondary N) is 1. The summed E-state index contributed by atoms with van der Waals surface area (Å²) >= 11 is 6.58. The number of ether oxygens (including phenoxy) is 1. The van der Waals surface area contributed by atoms with E-state index in [-0.39, 0.29) is 17.5 Å². The van der Waals surface area contributed by atoms with Gasteiger partial charge < -0.3 is 15.0 Å². The number of methoxy groups -OCH3 is 1. The Hall–Kier alpha value is -4.68. The zero-order chi connectivity index (χ0) is 28.3. The van der Waals surface area contributed by atoms with Crippen LogP contribution in [0.1, 0.15) is 31.8 Å². The summed E-state index contributed by atoms with van der Waals surface area (Å²) in [5.41, 5.74) is 2.29. The number of ketones is 2. The van der Waals surface area contributed by atoms with Crippen LogP contribution in [-0.4, -0.2) is 36.7 Å². The van der Waals surface area contributed by atoms with Gasteiger partial charge in [-0.1, -0.05) is 84.4 Å². The number of nitrogens with zero attached hydrogens (tertiary/aromatic N) is 1. The summed E-state index contributed by atoms with van der Waals surface area (Å²) < 4.78 is 5.42. The summed E-state index contributed by atoms with van der Waals surface area (Å²) in [6.07, 6.45) is 3.93. The summed E-state index contributed by atoms with van der Waals surface area (Å²) in [6, 6.07) is 27.2. The number of carbonyl (C=O) groups is 3. The monoisotopic (exact) mass is 560 g/mol. The molecule has 1 spiro atoms. The number of carbonyl (C=O) groups excluding carboxylic acids is 3. The minimum absolute atomic E-state index is 0.291. The molecule has 41 heavy (non-hydrogen) atoms. The van der Waals surface area contributed by atoms with Crippen LogP contribution in [0.2, 0.25) is 5.02 Å². The Bertz CT molecular complexity index is 1780. The Morgan fingerprint density at radius 1 is 0.902 bits per heavy atom. The highest BCUT2D eigenvalue weighted by atomic mass is 35.5. The van der Waals surface area contributed by atoms with Crippen molar-refractivity contribution < 1.29 is 19.1 Å². The molecule has 3 aliphatic heterocycles. The van der Waals surface area contributed by atoms with Gasteiger partial charge in [-0.15, -0.1) is 0 Å². The second-order valence-corrected chi connectivity index (χ2v) is 10.9. The topological polar surface area (TPSA) is 75.7 Å². The van der Waals surface area contributed by atoms with E-state index >= 15 is 0 Å². The number of benzene rings is 4. The number of anilines is 2. The molecule has 1 fully saturated rings. The number of rotatable bonds is 5. The fourth-order valence-electron chi connectivity index (χ4n) is 6.90. The number of hydrogen-bond acceptors (Lipinski definition) is 5. The summed E-state index contributed by atoms with van der Waals surface area (Å²) in [5.74, 6) is -1.52. The van der Waals surface area contributed by atoms with Crippen molar-refractivity contribution in [3.05, 3.63) is 130 Å². The van der Waals surface area contributed by atoms with E-state index in [1.54, 1.807) is 48.5 Å². The molecule has 4 atom stereocenters. The van der Waals surface area contributed by atoms with E-state index < -0.39 is 23.4 Å². The van der Waals surface area contributed by atoms with Gasteiger partial charge in [0.05, 0.1) is 24.1 Å². The van der Waals surface area contributed by atoms with Gasteiger partial charge in [-0.25, -0.2) is 0 Å². The van der Waals surface area contributed by atoms with Crippen LogP contribution in [0.4, 0.5) is 11.4 Å². The highest BCUT2D eigenvalue weighted by molar-refractivity contribution is 6.34. The van der Waals surface area contributed by atoms with E-state index in [1.807, 2.05) is 65.6 Å². The van der Waals surface area contributed by atoms with E-state index in [4.69, 9.17) is 16.3 Å². The first-order chi connectivity index (χ1) is 20.0. The third kappa shape index (κ3) is 3.54. The molecule has 0 unspecified atom stereocenters. The van der Waals surface area contributed by atoms with Gasteiger partial charge in [-0.2, -0.15) is 0 Å². The molecule has 3 aliphatic rings. The largest absolute Gasteiger partial charge is 0.497 e. The minimum Gasteiger partial charge on any atom is -0.497 e. The van der Waals surface area contributed by atoms with Gasteiger partial charge in [-0.05, 0) is 47.5 Å². The van der Waals surface area contributed by atoms with Gasteiger partial charge in [0.1, 0.15) is 17.2 Å². The molecule has 0 radical (unpaired) electrons. The van der Waals surface area contributed by atoms with Crippen molar-refractivity contribution in [2.24, 2.45) is 5.92 Å². The van der Waals surface area contributed by atoms with Crippen LogP contribution >= 0.6 is 11.6 Å². The van der Waals surface area contributed by atoms with Crippen LogP contribution in [0, 0.1) is 5.92 Å². The Kier molecular flexibility index (Phi) is 5.84. The molecule has 4 aromatic carbocycles. The Labute approximate surface area is 242 Å². The molecule has 202 valence electrons. The van der Waals surface area contributed by atoms with Gasteiger partial charge in [0.2, 0.25) is 5.91 Å². The average molecular weight is 561 g/mol. The lowest BCUT2D eigenvalue weighted by Gasteiger charge is -2.37. The van der Waals surface area contributed by atoms with Crippen molar-refractivity contribution in [1.82, 2.24) is 0 Å². The Morgan fingerprint density at radius 2 is 1.66 bits per heavy atom. The molecule has 0 bridgehead atoms. The van der Waals surface area contributed by atoms with Crippen LogP contribution in [0.25, 0.3) is 6.08 Å². The molecule has 0 aromatic heterocycles. The lowest BCUT2D eigenvalue weighted by Crippen LogP contribution is -2.51. The normalized spacial score (nSPS) is 23.5. The summed E-state index contributed by atoms with van der Waals surface area (Å²) in [4.78, 5) is 45.9. The SMILES string of the molecule is COc1cccc(C(=O)[C@@H]2[C@H](C(=O)c3ccccc3Cl)N3c4ccccc4C=C[C@H]3[C@]23C(=O)Nc2ccccc23)c1. The van der Waals surface area contributed by atoms with Gasteiger partial charge in [-0.3, -0.25) is 14.4 Å². The van der Waals surface area contributed by atoms with Crippen molar-refractivity contribution in [3.8, 4) is 5.75 Å². The van der Waals surface area contributed by atoms with E-state index in [2.05, 4.69) is 5.32 Å². The standard InChI is InChI=1S/C34H25ClN2O4/c1-41-22-11-8-10-21(19-22)31(38)29-30(32(39)23-12-3-5-14-25(23)35)37-27-16-7-2-9-20(27)17-18-28(37)34(29)24-13-4-6-15-26(24)36-33(34)40/h2-19,28-30H,1H3,(H,36,40)/t28-,29-,30+,34-/m0/s1. The second kappa shape index (κ2) is 9.46. The fourth-order valence-corrected chi connectivity index (χ4v) is 7.12. The third-order valence-corrected chi connectivity index (χ3v) is 8.92. The van der Waals surface area contributed by atoms with E-state index in [1.165, 1.54) is 7.11 Å². The highest BCUT2D eigenvalue weighted by Gasteiger charge is 2.70. The van der Waals surface area contributed by atoms with E-state index in [0.29, 0.717) is 33.1 Å². The van der Waals surface area contributed by atoms with Gasteiger partial charge in [0, 0.05) is 22.5 Å². The molecule has 1 N–H and O–H groups in total. The number of amides is 1. The maximum Gasteiger partial charge on any atom is 0.238 e. The Balaban J connectivity index is 1.55. The minimum atomic E-state index is -1.39. The predicted octanol–water partition coefficient (Wildman–Crippen LogP) is 6.20. The first-order valence-electron chi connectivity index (χ1n) is 13.4. The third-order valence-electron chi connectivity index (χ3n) is 8.59. The lowest BCUT2D eigenvalue weighted by atomic mass is 9.64. The number of hydrogen-bond donors (Lipinski definition) is 1. The number of para-hydroxylation sites is 2. The summed E-state index contributed by atoms with van der Waals surface area (Å²) in [5, 5.41) is 3.33. The molecule has 7 rings (SSSR count). The number of halogens is 1. The summed E-state index contributed by atoms with van der Waals surface area (Å²) in [6.45, 7) is 0. The van der Waals surface area contributed by atoms with E-state index in [9.17, 15) is 14.4 Å². The van der Waals surface area contributed by atoms with Crippen molar-refractivity contribution >= 4 is 46.5 Å². The first-order valence-corrected chi connectivity index (χ1v) is 13.8. The van der Waals surface area contributed by atoms with Crippen molar-refractivity contribution in [3.63, 3.8) is 0 Å². The first kappa shape index (κ1) is 25.3. The molecule has 6 nitrogen and oxygen atoms in total. The zero-order valence-corrected chi connectivity index (χ0v) is 22.8. The molecule has 0 saturated carbocycles. The predicted molar refractivity (Wildman–Crippen MR) is 159 cm³/mol. The van der Waals surface area contributed by atoms with Crippen LogP contribution in [0.5, 0.6) is 5.75 Å². The molecule has 3 heterocycles. The smallest absolute Gasteiger partial charge is 0.238 e. The maximum absolute atomic E-state index is 14.8. The molecule has 7 heteroatoms. The van der Waals surface area contributed by atoms with Crippen LogP contribution < -0.4 is 15.0 Å². The maximum atomic E-state index is 14.8. The van der Waals surface area contributed by atoms with Gasteiger partial charge in [0.15, 0.2) is 11.6 Å². The molecular formula is C34H25ClN2O4. The van der Waals surface area contributed by atoms with Crippen molar-refractivity contribution in [2.45, 2.75) is 17.5 Å². The highest BCUT2D eigenvalue weighted by Crippen LogP contribution is 2.58. The molecule has 1 amide bonds. The molecule has 4 aromatic rings. The van der Waals surface area contributed by atoms with Gasteiger partial charge in [0.25, 0.3) is 0 Å². The fraction of sp³-hybridized carbons (Fsp3) is 0.147.